The molecule has 0 radical (unpaired) electrons. The smallest absolute Gasteiger partial charge is 0.242 e. The third-order valence-corrected chi connectivity index (χ3v) is 6.00. The average molecular weight is 429 g/mol. The predicted octanol–water partition coefficient (Wildman–Crippen LogP) is 2.77. The Balaban J connectivity index is 1.80. The van der Waals surface area contributed by atoms with Crippen LogP contribution in [0.5, 0.6) is 11.5 Å². The molecular weight excluding hydrogens is 404 g/mol. The molecule has 1 heterocycles. The number of terminal acetylenes is 1. The fraction of sp³-hybridized carbons (Fsp3) is 0.318. The molecule has 0 unspecified atom stereocenters. The summed E-state index contributed by atoms with van der Waals surface area (Å²) in [5.41, 5.74) is 1.11. The minimum atomic E-state index is -3.98. The number of ether oxygens (including phenoxy) is 2. The Labute approximate surface area is 176 Å². The minimum Gasteiger partial charge on any atom is -0.490 e. The highest BCUT2D eigenvalue weighted by atomic mass is 32.2. The van der Waals surface area contributed by atoms with Crippen LogP contribution in [0, 0.1) is 18.3 Å². The van der Waals surface area contributed by atoms with Crippen molar-refractivity contribution in [1.29, 1.82) is 0 Å². The summed E-state index contributed by atoms with van der Waals surface area (Å²) in [7, 11) is -3.98. The Morgan fingerprint density at radius 3 is 2.53 bits per heavy atom. The maximum absolute atomic E-state index is 13.0. The molecular formula is C22H24N2O5S. The Morgan fingerprint density at radius 1 is 1.10 bits per heavy atom. The van der Waals surface area contributed by atoms with E-state index in [1.54, 1.807) is 44.2 Å². The van der Waals surface area contributed by atoms with E-state index in [1.807, 2.05) is 0 Å². The Hall–Kier alpha value is -3.02. The first-order valence-corrected chi connectivity index (χ1v) is 11.1. The number of sulfonamides is 1. The molecule has 7 nitrogen and oxygen atoms in total. The third-order valence-electron chi connectivity index (χ3n) is 4.56. The summed E-state index contributed by atoms with van der Waals surface area (Å²) in [4.78, 5) is 12.8. The number of fused-ring (bicyclic) bond motifs is 1. The van der Waals surface area contributed by atoms with Crippen LogP contribution in [0.15, 0.2) is 47.4 Å². The first kappa shape index (κ1) is 21.7. The molecule has 0 saturated carbocycles. The van der Waals surface area contributed by atoms with Crippen LogP contribution in [0.1, 0.15) is 25.8 Å². The fourth-order valence-corrected chi connectivity index (χ4v) is 4.30. The quantitative estimate of drug-likeness (QED) is 0.690. The SMILES string of the molecule is C#Cc1cccc(NC(=O)[C@H](NS(=O)(=O)c2ccc3c(c2)OCCCO3)C(C)C)c1. The molecule has 1 amide bonds. The highest BCUT2D eigenvalue weighted by Gasteiger charge is 2.29. The van der Waals surface area contributed by atoms with E-state index in [-0.39, 0.29) is 10.8 Å². The molecule has 0 aliphatic carbocycles. The van der Waals surface area contributed by atoms with Gasteiger partial charge in [-0.2, -0.15) is 4.72 Å². The molecule has 0 aromatic heterocycles. The van der Waals surface area contributed by atoms with Crippen molar-refractivity contribution in [2.24, 2.45) is 5.92 Å². The Kier molecular flexibility index (Phi) is 6.65. The fourth-order valence-electron chi connectivity index (χ4n) is 2.95. The van der Waals surface area contributed by atoms with Crippen molar-refractivity contribution < 1.29 is 22.7 Å². The highest BCUT2D eigenvalue weighted by Crippen LogP contribution is 2.32. The maximum Gasteiger partial charge on any atom is 0.242 e. The van der Waals surface area contributed by atoms with Crippen molar-refractivity contribution >= 4 is 21.6 Å². The van der Waals surface area contributed by atoms with Gasteiger partial charge in [-0.1, -0.05) is 25.8 Å². The predicted molar refractivity (Wildman–Crippen MR) is 114 cm³/mol. The molecule has 158 valence electrons. The topological polar surface area (TPSA) is 93.7 Å². The van der Waals surface area contributed by atoms with Gasteiger partial charge >= 0.3 is 0 Å². The zero-order valence-electron chi connectivity index (χ0n) is 16.8. The van der Waals surface area contributed by atoms with Crippen molar-refractivity contribution in [2.45, 2.75) is 31.2 Å². The summed E-state index contributed by atoms with van der Waals surface area (Å²) in [5, 5.41) is 2.72. The number of amides is 1. The number of benzene rings is 2. The molecule has 1 atom stereocenters. The van der Waals surface area contributed by atoms with Crippen LogP contribution >= 0.6 is 0 Å². The first-order valence-electron chi connectivity index (χ1n) is 9.59. The standard InChI is InChI=1S/C22H24N2O5S/c1-4-16-7-5-8-17(13-16)23-22(25)21(15(2)3)24-30(26,27)18-9-10-19-20(14-18)29-12-6-11-28-19/h1,5,7-10,13-15,21,24H,6,11-12H2,2-3H3,(H,23,25)/t21-/m1/s1. The van der Waals surface area contributed by atoms with Crippen LogP contribution in [-0.4, -0.2) is 33.6 Å². The molecule has 0 saturated heterocycles. The zero-order valence-corrected chi connectivity index (χ0v) is 17.7. The van der Waals surface area contributed by atoms with Crippen LogP contribution in [0.2, 0.25) is 0 Å². The van der Waals surface area contributed by atoms with Gasteiger partial charge in [0.2, 0.25) is 15.9 Å². The number of hydrogen-bond donors (Lipinski definition) is 2. The van der Waals surface area contributed by atoms with E-state index in [0.29, 0.717) is 42.4 Å². The first-order chi connectivity index (χ1) is 14.3. The minimum absolute atomic E-state index is 0.000436. The van der Waals surface area contributed by atoms with Crippen LogP contribution in [0.4, 0.5) is 5.69 Å². The summed E-state index contributed by atoms with van der Waals surface area (Å²) in [6.07, 6.45) is 6.10. The lowest BCUT2D eigenvalue weighted by atomic mass is 10.0. The van der Waals surface area contributed by atoms with E-state index in [1.165, 1.54) is 12.1 Å². The lowest BCUT2D eigenvalue weighted by molar-refractivity contribution is -0.118. The number of anilines is 1. The summed E-state index contributed by atoms with van der Waals surface area (Å²) < 4.78 is 39.5. The maximum atomic E-state index is 13.0. The van der Waals surface area contributed by atoms with Gasteiger partial charge in [-0.25, -0.2) is 8.42 Å². The van der Waals surface area contributed by atoms with E-state index in [9.17, 15) is 13.2 Å². The summed E-state index contributed by atoms with van der Waals surface area (Å²) in [5.74, 6) is 2.59. The normalized spacial score (nSPS) is 14.5. The molecule has 0 fully saturated rings. The van der Waals surface area contributed by atoms with E-state index in [4.69, 9.17) is 15.9 Å². The van der Waals surface area contributed by atoms with Gasteiger partial charge in [-0.15, -0.1) is 6.42 Å². The molecule has 1 aliphatic heterocycles. The third kappa shape index (κ3) is 5.12. The van der Waals surface area contributed by atoms with E-state index >= 15 is 0 Å². The van der Waals surface area contributed by atoms with Crippen LogP contribution in [0.3, 0.4) is 0 Å². The van der Waals surface area contributed by atoms with Crippen molar-refractivity contribution in [3.63, 3.8) is 0 Å². The number of carbonyl (C=O) groups is 1. The van der Waals surface area contributed by atoms with Gasteiger partial charge in [0.1, 0.15) is 6.04 Å². The van der Waals surface area contributed by atoms with Gasteiger partial charge in [-0.05, 0) is 36.2 Å². The second-order valence-electron chi connectivity index (χ2n) is 7.22. The molecule has 30 heavy (non-hydrogen) atoms. The van der Waals surface area contributed by atoms with Crippen LogP contribution < -0.4 is 19.5 Å². The van der Waals surface area contributed by atoms with Crippen LogP contribution in [-0.2, 0) is 14.8 Å². The number of hydrogen-bond acceptors (Lipinski definition) is 5. The summed E-state index contributed by atoms with van der Waals surface area (Å²) in [6, 6.07) is 10.2. The zero-order chi connectivity index (χ0) is 21.7. The van der Waals surface area contributed by atoms with E-state index < -0.39 is 22.0 Å². The van der Waals surface area contributed by atoms with E-state index in [2.05, 4.69) is 16.0 Å². The van der Waals surface area contributed by atoms with Gasteiger partial charge in [0.25, 0.3) is 0 Å². The second-order valence-corrected chi connectivity index (χ2v) is 8.93. The monoisotopic (exact) mass is 428 g/mol. The Morgan fingerprint density at radius 2 is 1.83 bits per heavy atom. The van der Waals surface area contributed by atoms with Gasteiger partial charge < -0.3 is 14.8 Å². The molecule has 0 spiro atoms. The molecule has 2 aromatic rings. The largest absolute Gasteiger partial charge is 0.490 e. The molecule has 3 rings (SSSR count). The number of rotatable bonds is 6. The van der Waals surface area contributed by atoms with E-state index in [0.717, 1.165) is 0 Å². The van der Waals surface area contributed by atoms with Gasteiger partial charge in [0.15, 0.2) is 11.5 Å². The second kappa shape index (κ2) is 9.20. The summed E-state index contributed by atoms with van der Waals surface area (Å²) in [6.45, 7) is 4.47. The molecule has 0 bridgehead atoms. The molecule has 2 N–H and O–H groups in total. The average Bonchev–Trinajstić information content (AvgIpc) is 2.96. The molecule has 8 heteroatoms. The Bertz CT molecular complexity index is 1070. The summed E-state index contributed by atoms with van der Waals surface area (Å²) >= 11 is 0. The van der Waals surface area contributed by atoms with Crippen molar-refractivity contribution in [3.05, 3.63) is 48.0 Å². The molecule has 2 aromatic carbocycles. The van der Waals surface area contributed by atoms with Gasteiger partial charge in [0.05, 0.1) is 18.1 Å². The van der Waals surface area contributed by atoms with Gasteiger partial charge in [0, 0.05) is 23.7 Å². The lowest BCUT2D eigenvalue weighted by Gasteiger charge is -2.22. The number of carbonyl (C=O) groups excluding carboxylic acids is 1. The van der Waals surface area contributed by atoms with Crippen molar-refractivity contribution in [2.75, 3.05) is 18.5 Å². The highest BCUT2D eigenvalue weighted by molar-refractivity contribution is 7.89. The lowest BCUT2D eigenvalue weighted by Crippen LogP contribution is -2.47. The number of nitrogens with one attached hydrogen (secondary N) is 2. The van der Waals surface area contributed by atoms with Crippen LogP contribution in [0.25, 0.3) is 0 Å². The van der Waals surface area contributed by atoms with Gasteiger partial charge in [-0.3, -0.25) is 4.79 Å². The van der Waals surface area contributed by atoms with Crippen molar-refractivity contribution in [3.8, 4) is 23.8 Å². The molecule has 1 aliphatic rings. The van der Waals surface area contributed by atoms with Crippen molar-refractivity contribution in [1.82, 2.24) is 4.72 Å².